The SMILES string of the molecule is C=N/C(=N\c1c(C)cc2n1[C@@H](CC(C)C)CN(C)C2=O)Nc1ccc(N2CCN(C)CC2)cn1. The highest BCUT2D eigenvalue weighted by Gasteiger charge is 2.32. The normalized spacial score (nSPS) is 19.5. The third-order valence-electron chi connectivity index (χ3n) is 6.57. The smallest absolute Gasteiger partial charge is 0.270 e. The number of hydrogen-bond acceptors (Lipinski definition) is 5. The molecule has 1 amide bonds. The average Bonchev–Trinajstić information content (AvgIpc) is 3.14. The number of aliphatic imine (C=N–C) groups is 2. The first-order valence-electron chi connectivity index (χ1n) is 12.0. The number of pyridine rings is 1. The van der Waals surface area contributed by atoms with Crippen molar-refractivity contribution in [2.45, 2.75) is 33.2 Å². The van der Waals surface area contributed by atoms with E-state index in [1.165, 1.54) is 0 Å². The summed E-state index contributed by atoms with van der Waals surface area (Å²) in [6.07, 6.45) is 2.84. The van der Waals surface area contributed by atoms with Crippen LogP contribution < -0.4 is 10.2 Å². The van der Waals surface area contributed by atoms with Crippen molar-refractivity contribution in [3.05, 3.63) is 35.7 Å². The third-order valence-corrected chi connectivity index (χ3v) is 6.57. The maximum atomic E-state index is 12.8. The molecule has 4 rings (SSSR count). The van der Waals surface area contributed by atoms with E-state index >= 15 is 0 Å². The number of nitrogens with zero attached hydrogens (tertiary/aromatic N) is 7. The van der Waals surface area contributed by atoms with Crippen molar-refractivity contribution in [3.63, 3.8) is 0 Å². The molecule has 182 valence electrons. The van der Waals surface area contributed by atoms with Crippen molar-refractivity contribution in [2.75, 3.05) is 57.0 Å². The zero-order chi connectivity index (χ0) is 24.4. The Labute approximate surface area is 202 Å². The molecule has 34 heavy (non-hydrogen) atoms. The topological polar surface area (TPSA) is 81.4 Å². The van der Waals surface area contributed by atoms with Gasteiger partial charge in [0.2, 0.25) is 5.96 Å². The summed E-state index contributed by atoms with van der Waals surface area (Å²) in [6.45, 7) is 14.8. The molecule has 0 aliphatic carbocycles. The van der Waals surface area contributed by atoms with Gasteiger partial charge in [-0.25, -0.2) is 9.98 Å². The fourth-order valence-electron chi connectivity index (χ4n) is 4.75. The molecule has 0 unspecified atom stereocenters. The van der Waals surface area contributed by atoms with Crippen LogP contribution in [0.1, 0.15) is 42.4 Å². The molecule has 0 radical (unpaired) electrons. The fraction of sp³-hybridized carbons (Fsp3) is 0.520. The monoisotopic (exact) mass is 464 g/mol. The fourth-order valence-corrected chi connectivity index (χ4v) is 4.75. The van der Waals surface area contributed by atoms with Gasteiger partial charge in [-0.05, 0) is 56.8 Å². The van der Waals surface area contributed by atoms with Crippen molar-refractivity contribution in [1.82, 2.24) is 19.4 Å². The first kappa shape index (κ1) is 23.9. The molecule has 1 N–H and O–H groups in total. The van der Waals surface area contributed by atoms with Crippen LogP contribution in [0.15, 0.2) is 34.4 Å². The number of carbonyl (C=O) groups is 1. The number of fused-ring (bicyclic) bond motifs is 1. The van der Waals surface area contributed by atoms with Crippen LogP contribution in [0.2, 0.25) is 0 Å². The van der Waals surface area contributed by atoms with Gasteiger partial charge in [-0.15, -0.1) is 0 Å². The lowest BCUT2D eigenvalue weighted by atomic mass is 10.0. The Morgan fingerprint density at radius 1 is 1.24 bits per heavy atom. The van der Waals surface area contributed by atoms with Crippen LogP contribution in [0, 0.1) is 12.8 Å². The van der Waals surface area contributed by atoms with Crippen molar-refractivity contribution in [3.8, 4) is 0 Å². The summed E-state index contributed by atoms with van der Waals surface area (Å²) >= 11 is 0. The molecule has 1 atom stereocenters. The molecule has 9 heteroatoms. The number of guanidine groups is 1. The Kier molecular flexibility index (Phi) is 7.02. The van der Waals surface area contributed by atoms with E-state index in [9.17, 15) is 4.79 Å². The summed E-state index contributed by atoms with van der Waals surface area (Å²) in [7, 11) is 4.01. The molecule has 0 aromatic carbocycles. The van der Waals surface area contributed by atoms with Crippen LogP contribution in [0.3, 0.4) is 0 Å². The number of hydrogen-bond donors (Lipinski definition) is 1. The minimum absolute atomic E-state index is 0.0202. The van der Waals surface area contributed by atoms with Crippen LogP contribution in [0.5, 0.6) is 0 Å². The van der Waals surface area contributed by atoms with Gasteiger partial charge < -0.3 is 24.6 Å². The Morgan fingerprint density at radius 3 is 2.59 bits per heavy atom. The number of likely N-dealkylation sites (N-methyl/N-ethyl adjacent to an activating group) is 2. The number of nitrogens with one attached hydrogen (secondary N) is 1. The lowest BCUT2D eigenvalue weighted by molar-refractivity contribution is 0.0709. The second-order valence-electron chi connectivity index (χ2n) is 9.79. The standard InChI is InChI=1S/C25H36N8O/c1-17(2)13-20-16-31(6)24(34)21-14-18(3)23(33(20)21)29-25(26-4)28-22-8-7-19(15-27-22)32-11-9-30(5)10-12-32/h7-8,14-15,17,20H,4,9-13,16H2,1-3,5-6H3,(H,27,28,29)/t20-/m0/s1. The molecule has 2 aliphatic heterocycles. The summed E-state index contributed by atoms with van der Waals surface area (Å²) in [5.41, 5.74) is 2.72. The molecule has 2 aromatic rings. The third kappa shape index (κ3) is 4.99. The second-order valence-corrected chi connectivity index (χ2v) is 9.79. The van der Waals surface area contributed by atoms with Gasteiger partial charge in [-0.1, -0.05) is 13.8 Å². The molecule has 2 aromatic heterocycles. The van der Waals surface area contributed by atoms with Crippen molar-refractivity contribution < 1.29 is 4.79 Å². The molecule has 2 aliphatic rings. The van der Waals surface area contributed by atoms with Crippen molar-refractivity contribution >= 4 is 35.9 Å². The maximum Gasteiger partial charge on any atom is 0.270 e. The Bertz CT molecular complexity index is 1060. The molecule has 1 saturated heterocycles. The number of piperazine rings is 1. The van der Waals surface area contributed by atoms with Gasteiger partial charge in [0, 0.05) is 39.8 Å². The predicted molar refractivity (Wildman–Crippen MR) is 139 cm³/mol. The summed E-state index contributed by atoms with van der Waals surface area (Å²) < 4.78 is 2.08. The number of carbonyl (C=O) groups excluding carboxylic acids is 1. The zero-order valence-corrected chi connectivity index (χ0v) is 21.0. The average molecular weight is 465 g/mol. The number of anilines is 2. The summed E-state index contributed by atoms with van der Waals surface area (Å²) in [5.74, 6) is 2.27. The van der Waals surface area contributed by atoms with Crippen molar-refractivity contribution in [2.24, 2.45) is 15.9 Å². The molecule has 0 saturated carbocycles. The predicted octanol–water partition coefficient (Wildman–Crippen LogP) is 3.42. The van der Waals surface area contributed by atoms with Crippen LogP contribution in [-0.2, 0) is 0 Å². The Hall–Kier alpha value is -3.20. The van der Waals surface area contributed by atoms with Crippen LogP contribution in [0.4, 0.5) is 17.3 Å². The van der Waals surface area contributed by atoms with E-state index in [1.54, 1.807) is 4.90 Å². The Balaban J connectivity index is 1.58. The van der Waals surface area contributed by atoms with Gasteiger partial charge >= 0.3 is 0 Å². The second kappa shape index (κ2) is 9.97. The van der Waals surface area contributed by atoms with Crippen LogP contribution in [-0.4, -0.2) is 84.8 Å². The minimum Gasteiger partial charge on any atom is -0.368 e. The van der Waals surface area contributed by atoms with Crippen LogP contribution >= 0.6 is 0 Å². The van der Waals surface area contributed by atoms with E-state index in [2.05, 4.69) is 63.3 Å². The van der Waals surface area contributed by atoms with E-state index < -0.39 is 0 Å². The zero-order valence-electron chi connectivity index (χ0n) is 21.0. The Morgan fingerprint density at radius 2 is 1.97 bits per heavy atom. The molecule has 0 spiro atoms. The number of amides is 1. The van der Waals surface area contributed by atoms with E-state index in [-0.39, 0.29) is 11.9 Å². The highest BCUT2D eigenvalue weighted by atomic mass is 16.2. The number of aromatic nitrogens is 2. The summed E-state index contributed by atoms with van der Waals surface area (Å²) in [5, 5.41) is 3.19. The quantitative estimate of drug-likeness (QED) is 0.542. The maximum absolute atomic E-state index is 12.8. The van der Waals surface area contributed by atoms with Gasteiger partial charge in [-0.2, -0.15) is 4.99 Å². The molecule has 9 nitrogen and oxygen atoms in total. The van der Waals surface area contributed by atoms with Gasteiger partial charge in [0.25, 0.3) is 5.91 Å². The van der Waals surface area contributed by atoms with Crippen molar-refractivity contribution in [1.29, 1.82) is 0 Å². The minimum atomic E-state index is 0.0202. The summed E-state index contributed by atoms with van der Waals surface area (Å²) in [6, 6.07) is 6.10. The van der Waals surface area contributed by atoms with E-state index in [0.29, 0.717) is 29.9 Å². The highest BCUT2D eigenvalue weighted by molar-refractivity contribution is 5.98. The molecular weight excluding hydrogens is 428 g/mol. The van der Waals surface area contributed by atoms with Gasteiger partial charge in [0.15, 0.2) is 0 Å². The van der Waals surface area contributed by atoms with Gasteiger partial charge in [-0.3, -0.25) is 4.79 Å². The largest absolute Gasteiger partial charge is 0.368 e. The molecule has 0 bridgehead atoms. The number of rotatable bonds is 5. The molecule has 4 heterocycles. The first-order valence-corrected chi connectivity index (χ1v) is 12.0. The van der Waals surface area contributed by atoms with Gasteiger partial charge in [0.1, 0.15) is 17.3 Å². The van der Waals surface area contributed by atoms with E-state index in [4.69, 9.17) is 4.99 Å². The highest BCUT2D eigenvalue weighted by Crippen LogP contribution is 2.35. The van der Waals surface area contributed by atoms with Gasteiger partial charge in [0.05, 0.1) is 17.9 Å². The van der Waals surface area contributed by atoms with E-state index in [1.807, 2.05) is 32.3 Å². The first-order chi connectivity index (χ1) is 16.3. The lowest BCUT2D eigenvalue weighted by Gasteiger charge is -2.34. The van der Waals surface area contributed by atoms with Crippen LogP contribution in [0.25, 0.3) is 0 Å². The molecule has 1 fully saturated rings. The lowest BCUT2D eigenvalue weighted by Crippen LogP contribution is -2.44. The summed E-state index contributed by atoms with van der Waals surface area (Å²) in [4.78, 5) is 32.8. The van der Waals surface area contributed by atoms with E-state index in [0.717, 1.165) is 49.7 Å². The number of aryl methyl sites for hydroxylation is 1. The molecular formula is C25H36N8O.